The fraction of sp³-hybridized carbons (Fsp3) is 0.167. The lowest BCUT2D eigenvalue weighted by Crippen LogP contribution is -2.11. The van der Waals surface area contributed by atoms with Crippen LogP contribution >= 0.6 is 15.9 Å². The highest BCUT2D eigenvalue weighted by Crippen LogP contribution is 2.28. The third-order valence-corrected chi connectivity index (χ3v) is 3.35. The molecule has 0 saturated heterocycles. The van der Waals surface area contributed by atoms with E-state index in [1.807, 2.05) is 13.8 Å². The number of hydrogen-bond donors (Lipinski definition) is 3. The van der Waals surface area contributed by atoms with E-state index in [2.05, 4.69) is 36.6 Å². The number of nitrogens with one attached hydrogen (secondary N) is 2. The van der Waals surface area contributed by atoms with Gasteiger partial charge in [0.1, 0.15) is 23.8 Å². The molecule has 100 valence electrons. The Kier molecular flexibility index (Phi) is 3.96. The molecule has 4 N–H and O–H groups in total. The van der Waals surface area contributed by atoms with Gasteiger partial charge in [-0.05, 0) is 47.5 Å². The Morgan fingerprint density at radius 3 is 2.58 bits per heavy atom. The van der Waals surface area contributed by atoms with E-state index >= 15 is 0 Å². The molecule has 1 heterocycles. The first kappa shape index (κ1) is 13.7. The Bertz CT molecular complexity index is 617. The summed E-state index contributed by atoms with van der Waals surface area (Å²) in [5, 5.41) is 3.08. The average Bonchev–Trinajstić information content (AvgIpc) is 2.38. The van der Waals surface area contributed by atoms with Gasteiger partial charge in [-0.2, -0.15) is 0 Å². The lowest BCUT2D eigenvalue weighted by atomic mass is 10.2. The van der Waals surface area contributed by atoms with Crippen LogP contribution in [0.1, 0.15) is 11.1 Å². The van der Waals surface area contributed by atoms with Crippen LogP contribution in [0.5, 0.6) is 0 Å². The predicted octanol–water partition coefficient (Wildman–Crippen LogP) is 3.02. The molecule has 5 nitrogen and oxygen atoms in total. The van der Waals surface area contributed by atoms with Crippen LogP contribution in [0, 0.1) is 19.7 Å². The monoisotopic (exact) mass is 325 g/mol. The van der Waals surface area contributed by atoms with Gasteiger partial charge in [0.05, 0.1) is 4.47 Å². The second kappa shape index (κ2) is 5.50. The zero-order valence-corrected chi connectivity index (χ0v) is 12.0. The standard InChI is InChI=1S/C12H13BrFN5/c1-6-3-8(13)9(14)4-10(6)18-11-7(2)12(19-15)17-5-16-11/h3-5H,15H2,1-2H3,(H2,16,17,18,19). The molecule has 0 amide bonds. The summed E-state index contributed by atoms with van der Waals surface area (Å²) in [4.78, 5) is 8.11. The minimum Gasteiger partial charge on any atom is -0.340 e. The van der Waals surface area contributed by atoms with Crippen molar-refractivity contribution in [2.45, 2.75) is 13.8 Å². The van der Waals surface area contributed by atoms with Crippen molar-refractivity contribution in [2.75, 3.05) is 10.7 Å². The molecule has 0 fully saturated rings. The molecule has 0 bridgehead atoms. The molecule has 2 rings (SSSR count). The summed E-state index contributed by atoms with van der Waals surface area (Å²) >= 11 is 3.15. The number of aryl methyl sites for hydroxylation is 1. The summed E-state index contributed by atoms with van der Waals surface area (Å²) < 4.78 is 14.0. The lowest BCUT2D eigenvalue weighted by molar-refractivity contribution is 0.621. The Balaban J connectivity index is 2.39. The Morgan fingerprint density at radius 2 is 1.89 bits per heavy atom. The normalized spacial score (nSPS) is 10.4. The van der Waals surface area contributed by atoms with E-state index in [1.54, 1.807) is 6.07 Å². The highest BCUT2D eigenvalue weighted by molar-refractivity contribution is 9.10. The zero-order valence-electron chi connectivity index (χ0n) is 10.5. The summed E-state index contributed by atoms with van der Waals surface area (Å²) in [6.45, 7) is 3.70. The molecule has 0 spiro atoms. The summed E-state index contributed by atoms with van der Waals surface area (Å²) in [6, 6.07) is 3.12. The number of hydrazine groups is 1. The van der Waals surface area contributed by atoms with Crippen LogP contribution < -0.4 is 16.6 Å². The van der Waals surface area contributed by atoms with E-state index in [0.29, 0.717) is 21.8 Å². The van der Waals surface area contributed by atoms with Gasteiger partial charge in [0.15, 0.2) is 0 Å². The molecule has 1 aromatic carbocycles. The number of aromatic nitrogens is 2. The number of anilines is 3. The fourth-order valence-corrected chi connectivity index (χ4v) is 2.09. The third-order valence-electron chi connectivity index (χ3n) is 2.74. The van der Waals surface area contributed by atoms with Crippen molar-refractivity contribution in [2.24, 2.45) is 5.84 Å². The van der Waals surface area contributed by atoms with E-state index in [1.165, 1.54) is 12.4 Å². The minimum absolute atomic E-state index is 0.336. The van der Waals surface area contributed by atoms with E-state index in [0.717, 1.165) is 11.1 Å². The van der Waals surface area contributed by atoms with Gasteiger partial charge in [0, 0.05) is 11.3 Å². The summed E-state index contributed by atoms with van der Waals surface area (Å²) in [5.41, 5.74) is 4.78. The first-order valence-corrected chi connectivity index (χ1v) is 6.33. The van der Waals surface area contributed by atoms with Crippen molar-refractivity contribution in [1.29, 1.82) is 0 Å². The molecular formula is C12H13BrFN5. The summed E-state index contributed by atoms with van der Waals surface area (Å²) in [7, 11) is 0. The van der Waals surface area contributed by atoms with E-state index in [-0.39, 0.29) is 5.82 Å². The molecule has 0 aliphatic rings. The van der Waals surface area contributed by atoms with Gasteiger partial charge < -0.3 is 10.7 Å². The number of benzene rings is 1. The van der Waals surface area contributed by atoms with Gasteiger partial charge in [-0.15, -0.1) is 0 Å². The van der Waals surface area contributed by atoms with Crippen molar-refractivity contribution < 1.29 is 4.39 Å². The van der Waals surface area contributed by atoms with Gasteiger partial charge in [-0.1, -0.05) is 0 Å². The van der Waals surface area contributed by atoms with Crippen LogP contribution in [0.2, 0.25) is 0 Å². The topological polar surface area (TPSA) is 75.9 Å². The quantitative estimate of drug-likeness (QED) is 0.597. The Hall–Kier alpha value is -1.73. The van der Waals surface area contributed by atoms with Crippen LogP contribution in [0.25, 0.3) is 0 Å². The van der Waals surface area contributed by atoms with Crippen LogP contribution in [0.4, 0.5) is 21.7 Å². The molecule has 0 aliphatic carbocycles. The zero-order chi connectivity index (χ0) is 14.0. The number of rotatable bonds is 3. The first-order valence-electron chi connectivity index (χ1n) is 5.53. The highest BCUT2D eigenvalue weighted by Gasteiger charge is 2.09. The van der Waals surface area contributed by atoms with Crippen LogP contribution in [-0.4, -0.2) is 9.97 Å². The largest absolute Gasteiger partial charge is 0.340 e. The van der Waals surface area contributed by atoms with E-state index in [4.69, 9.17) is 5.84 Å². The van der Waals surface area contributed by atoms with Gasteiger partial charge >= 0.3 is 0 Å². The van der Waals surface area contributed by atoms with Crippen molar-refractivity contribution >= 4 is 33.3 Å². The number of nitrogens with zero attached hydrogens (tertiary/aromatic N) is 2. The van der Waals surface area contributed by atoms with Crippen LogP contribution in [-0.2, 0) is 0 Å². The summed E-state index contributed by atoms with van der Waals surface area (Å²) in [6.07, 6.45) is 1.38. The molecule has 0 radical (unpaired) electrons. The SMILES string of the molecule is Cc1cc(Br)c(F)cc1Nc1ncnc(NN)c1C. The van der Waals surface area contributed by atoms with Crippen molar-refractivity contribution in [3.8, 4) is 0 Å². The Morgan fingerprint density at radius 1 is 1.21 bits per heavy atom. The summed E-state index contributed by atoms with van der Waals surface area (Å²) in [5.74, 6) is 6.11. The molecule has 19 heavy (non-hydrogen) atoms. The van der Waals surface area contributed by atoms with Crippen molar-refractivity contribution in [3.05, 3.63) is 39.9 Å². The molecule has 7 heteroatoms. The maximum Gasteiger partial charge on any atom is 0.148 e. The maximum atomic E-state index is 13.6. The third kappa shape index (κ3) is 2.82. The molecule has 0 saturated carbocycles. The van der Waals surface area contributed by atoms with Gasteiger partial charge in [0.25, 0.3) is 0 Å². The number of hydrogen-bond acceptors (Lipinski definition) is 5. The molecule has 1 aromatic heterocycles. The van der Waals surface area contributed by atoms with Crippen molar-refractivity contribution in [3.63, 3.8) is 0 Å². The Labute approximate surface area is 118 Å². The van der Waals surface area contributed by atoms with Crippen LogP contribution in [0.3, 0.4) is 0 Å². The van der Waals surface area contributed by atoms with Crippen LogP contribution in [0.15, 0.2) is 22.9 Å². The molecule has 0 unspecified atom stereocenters. The number of nitrogens with two attached hydrogens (primary N) is 1. The molecular weight excluding hydrogens is 313 g/mol. The molecule has 0 aliphatic heterocycles. The minimum atomic E-state index is -0.336. The fourth-order valence-electron chi connectivity index (χ4n) is 1.63. The highest BCUT2D eigenvalue weighted by atomic mass is 79.9. The van der Waals surface area contributed by atoms with E-state index in [9.17, 15) is 4.39 Å². The van der Waals surface area contributed by atoms with Gasteiger partial charge in [-0.3, -0.25) is 0 Å². The van der Waals surface area contributed by atoms with E-state index < -0.39 is 0 Å². The number of halogens is 2. The van der Waals surface area contributed by atoms with Gasteiger partial charge in [0.2, 0.25) is 0 Å². The second-order valence-electron chi connectivity index (χ2n) is 4.05. The molecule has 0 atom stereocenters. The second-order valence-corrected chi connectivity index (χ2v) is 4.90. The van der Waals surface area contributed by atoms with Gasteiger partial charge in [-0.25, -0.2) is 20.2 Å². The predicted molar refractivity (Wildman–Crippen MR) is 76.7 cm³/mol. The number of nitrogen functional groups attached to an aromatic ring is 1. The first-order chi connectivity index (χ1) is 9.02. The average molecular weight is 326 g/mol. The maximum absolute atomic E-state index is 13.6. The molecule has 2 aromatic rings. The smallest absolute Gasteiger partial charge is 0.148 e. The lowest BCUT2D eigenvalue weighted by Gasteiger charge is -2.13. The van der Waals surface area contributed by atoms with Crippen molar-refractivity contribution in [1.82, 2.24) is 9.97 Å².